The maximum absolute atomic E-state index is 10.8. The predicted octanol–water partition coefficient (Wildman–Crippen LogP) is 2.28. The molecule has 1 aromatic carbocycles. The Labute approximate surface area is 74.5 Å². The predicted molar refractivity (Wildman–Crippen MR) is 44.2 cm³/mol. The zero-order chi connectivity index (χ0) is 9.14. The number of carbonyl (C=O) groups is 1. The first-order valence-corrected chi connectivity index (χ1v) is 3.64. The second-order valence-corrected chi connectivity index (χ2v) is 2.83. The highest BCUT2D eigenvalue weighted by atomic mass is 35.5. The SMILES string of the molecule is Cc1cc(Cl)cc(C(=O)OO)c1. The number of aryl methyl sites for hydroxylation is 1. The molecule has 0 saturated heterocycles. The molecule has 0 atom stereocenters. The molecule has 0 heterocycles. The average molecular weight is 187 g/mol. The molecule has 1 aromatic rings. The third-order valence-corrected chi connectivity index (χ3v) is 1.58. The van der Waals surface area contributed by atoms with E-state index in [1.54, 1.807) is 19.1 Å². The highest BCUT2D eigenvalue weighted by Gasteiger charge is 2.07. The van der Waals surface area contributed by atoms with Gasteiger partial charge in [-0.05, 0) is 30.7 Å². The molecule has 0 bridgehead atoms. The molecular weight excluding hydrogens is 180 g/mol. The van der Waals surface area contributed by atoms with Crippen molar-refractivity contribution in [1.82, 2.24) is 0 Å². The lowest BCUT2D eigenvalue weighted by molar-refractivity contribution is -0.182. The lowest BCUT2D eigenvalue weighted by Gasteiger charge is -1.99. The van der Waals surface area contributed by atoms with E-state index in [-0.39, 0.29) is 5.56 Å². The first kappa shape index (κ1) is 9.03. The molecular formula is C8H7ClO3. The van der Waals surface area contributed by atoms with Crippen LogP contribution < -0.4 is 0 Å². The topological polar surface area (TPSA) is 46.5 Å². The lowest BCUT2D eigenvalue weighted by Crippen LogP contribution is -2.01. The molecule has 0 aliphatic rings. The largest absolute Gasteiger partial charge is 0.372 e. The zero-order valence-corrected chi connectivity index (χ0v) is 7.13. The van der Waals surface area contributed by atoms with Gasteiger partial charge in [0.05, 0.1) is 5.56 Å². The van der Waals surface area contributed by atoms with Crippen LogP contribution in [0, 0.1) is 6.92 Å². The second-order valence-electron chi connectivity index (χ2n) is 2.40. The minimum Gasteiger partial charge on any atom is -0.296 e. The van der Waals surface area contributed by atoms with E-state index in [0.29, 0.717) is 5.02 Å². The Morgan fingerprint density at radius 2 is 2.17 bits per heavy atom. The lowest BCUT2D eigenvalue weighted by atomic mass is 10.1. The Hall–Kier alpha value is -1.06. The number of benzene rings is 1. The van der Waals surface area contributed by atoms with Crippen LogP contribution in [0.3, 0.4) is 0 Å². The van der Waals surface area contributed by atoms with E-state index in [1.807, 2.05) is 0 Å². The van der Waals surface area contributed by atoms with Crippen LogP contribution in [-0.2, 0) is 4.89 Å². The van der Waals surface area contributed by atoms with Gasteiger partial charge in [0, 0.05) is 5.02 Å². The molecule has 0 aromatic heterocycles. The van der Waals surface area contributed by atoms with E-state index in [0.717, 1.165) is 5.56 Å². The summed E-state index contributed by atoms with van der Waals surface area (Å²) in [5.41, 5.74) is 1.07. The molecule has 0 unspecified atom stereocenters. The standard InChI is InChI=1S/C8H7ClO3/c1-5-2-6(8(10)12-11)4-7(9)3-5/h2-4,11H,1H3. The highest BCUT2D eigenvalue weighted by Crippen LogP contribution is 2.14. The summed E-state index contributed by atoms with van der Waals surface area (Å²) in [5, 5.41) is 8.52. The molecule has 0 spiro atoms. The maximum atomic E-state index is 10.8. The summed E-state index contributed by atoms with van der Waals surface area (Å²) in [6.45, 7) is 1.79. The number of carbonyl (C=O) groups excluding carboxylic acids is 1. The second kappa shape index (κ2) is 3.56. The first-order chi connectivity index (χ1) is 5.63. The Kier molecular flexibility index (Phi) is 2.68. The number of halogens is 1. The molecule has 0 radical (unpaired) electrons. The minimum absolute atomic E-state index is 0.238. The quantitative estimate of drug-likeness (QED) is 0.541. The van der Waals surface area contributed by atoms with Crippen molar-refractivity contribution in [3.8, 4) is 0 Å². The van der Waals surface area contributed by atoms with E-state index in [4.69, 9.17) is 16.9 Å². The van der Waals surface area contributed by atoms with Crippen molar-refractivity contribution in [3.63, 3.8) is 0 Å². The van der Waals surface area contributed by atoms with Gasteiger partial charge in [-0.1, -0.05) is 11.6 Å². The van der Waals surface area contributed by atoms with Gasteiger partial charge in [-0.3, -0.25) is 4.89 Å². The monoisotopic (exact) mass is 186 g/mol. The number of hydrogen-bond donors (Lipinski definition) is 1. The summed E-state index contributed by atoms with van der Waals surface area (Å²) in [7, 11) is 0. The molecule has 0 amide bonds. The van der Waals surface area contributed by atoms with Crippen molar-refractivity contribution >= 4 is 17.6 Å². The van der Waals surface area contributed by atoms with E-state index in [2.05, 4.69) is 4.89 Å². The summed E-state index contributed by atoms with van der Waals surface area (Å²) >= 11 is 5.66. The van der Waals surface area contributed by atoms with Gasteiger partial charge in [0.25, 0.3) is 0 Å². The third-order valence-electron chi connectivity index (χ3n) is 1.36. The fraction of sp³-hybridized carbons (Fsp3) is 0.125. The Bertz CT molecular complexity index is 289. The van der Waals surface area contributed by atoms with Crippen LogP contribution in [0.15, 0.2) is 18.2 Å². The molecule has 3 nitrogen and oxygen atoms in total. The van der Waals surface area contributed by atoms with Crippen LogP contribution in [0.2, 0.25) is 5.02 Å². The molecule has 4 heteroatoms. The van der Waals surface area contributed by atoms with Gasteiger partial charge in [0.2, 0.25) is 0 Å². The Morgan fingerprint density at radius 3 is 2.67 bits per heavy atom. The van der Waals surface area contributed by atoms with Gasteiger partial charge in [-0.2, -0.15) is 5.26 Å². The summed E-state index contributed by atoms with van der Waals surface area (Å²) in [5.74, 6) is -0.805. The van der Waals surface area contributed by atoms with Gasteiger partial charge in [-0.25, -0.2) is 4.79 Å². The normalized spacial score (nSPS) is 9.58. The molecule has 1 N–H and O–H groups in total. The smallest absolute Gasteiger partial charge is 0.296 e. The number of hydrogen-bond acceptors (Lipinski definition) is 3. The van der Waals surface area contributed by atoms with E-state index in [9.17, 15) is 4.79 Å². The summed E-state index contributed by atoms with van der Waals surface area (Å²) < 4.78 is 0. The van der Waals surface area contributed by atoms with E-state index < -0.39 is 5.97 Å². The average Bonchev–Trinajstić information content (AvgIpc) is 2.01. The molecule has 0 aliphatic heterocycles. The van der Waals surface area contributed by atoms with Crippen molar-refractivity contribution in [2.45, 2.75) is 6.92 Å². The summed E-state index contributed by atoms with van der Waals surface area (Å²) in [6, 6.07) is 4.70. The van der Waals surface area contributed by atoms with Crippen LogP contribution in [0.1, 0.15) is 15.9 Å². The van der Waals surface area contributed by atoms with Crippen LogP contribution in [0.5, 0.6) is 0 Å². The van der Waals surface area contributed by atoms with Gasteiger partial charge in [0.15, 0.2) is 0 Å². The Balaban J connectivity index is 3.08. The minimum atomic E-state index is -0.805. The van der Waals surface area contributed by atoms with Crippen LogP contribution in [-0.4, -0.2) is 11.2 Å². The fourth-order valence-corrected chi connectivity index (χ4v) is 1.20. The molecule has 64 valence electrons. The van der Waals surface area contributed by atoms with Gasteiger partial charge in [-0.15, -0.1) is 0 Å². The van der Waals surface area contributed by atoms with E-state index >= 15 is 0 Å². The van der Waals surface area contributed by atoms with Crippen LogP contribution in [0.25, 0.3) is 0 Å². The number of rotatable bonds is 1. The molecule has 0 saturated carbocycles. The third kappa shape index (κ3) is 1.96. The highest BCUT2D eigenvalue weighted by molar-refractivity contribution is 6.31. The summed E-state index contributed by atoms with van der Waals surface area (Å²) in [6.07, 6.45) is 0. The van der Waals surface area contributed by atoms with Gasteiger partial charge in [0.1, 0.15) is 0 Å². The van der Waals surface area contributed by atoms with Crippen molar-refractivity contribution in [3.05, 3.63) is 34.3 Å². The molecule has 12 heavy (non-hydrogen) atoms. The van der Waals surface area contributed by atoms with Gasteiger partial charge < -0.3 is 0 Å². The van der Waals surface area contributed by atoms with E-state index in [1.165, 1.54) is 6.07 Å². The summed E-state index contributed by atoms with van der Waals surface area (Å²) in [4.78, 5) is 14.3. The molecule has 0 aliphatic carbocycles. The van der Waals surface area contributed by atoms with Crippen molar-refractivity contribution in [1.29, 1.82) is 0 Å². The first-order valence-electron chi connectivity index (χ1n) is 3.26. The molecule has 0 fully saturated rings. The zero-order valence-electron chi connectivity index (χ0n) is 6.37. The van der Waals surface area contributed by atoms with Crippen LogP contribution in [0.4, 0.5) is 0 Å². The van der Waals surface area contributed by atoms with Gasteiger partial charge >= 0.3 is 5.97 Å². The maximum Gasteiger partial charge on any atom is 0.372 e. The van der Waals surface area contributed by atoms with Crippen molar-refractivity contribution in [2.24, 2.45) is 0 Å². The Morgan fingerprint density at radius 1 is 1.50 bits per heavy atom. The van der Waals surface area contributed by atoms with Crippen molar-refractivity contribution < 1.29 is 14.9 Å². The molecule has 1 rings (SSSR count). The van der Waals surface area contributed by atoms with Crippen molar-refractivity contribution in [2.75, 3.05) is 0 Å². The fourth-order valence-electron chi connectivity index (χ4n) is 0.907. The van der Waals surface area contributed by atoms with Crippen LogP contribution >= 0.6 is 11.6 Å².